The van der Waals surface area contributed by atoms with Crippen molar-refractivity contribution in [3.63, 3.8) is 0 Å². The van der Waals surface area contributed by atoms with Gasteiger partial charge in [-0.15, -0.1) is 0 Å². The Morgan fingerprint density at radius 3 is 2.29 bits per heavy atom. The van der Waals surface area contributed by atoms with E-state index in [1.165, 1.54) is 14.9 Å². The van der Waals surface area contributed by atoms with Crippen molar-refractivity contribution in [3.8, 4) is 22.9 Å². The Morgan fingerprint density at radius 2 is 1.61 bits per heavy atom. The summed E-state index contributed by atoms with van der Waals surface area (Å²) in [7, 11) is 1.57. The standard InChI is InChI=1S/C24H24N4O3/c1-16-8-10-19(11-9-16)31-20-12-13-23(18(3)14-20)30-15-21-17(2)6-5-7-22(21)28-24(29)27(4)25-26-28/h5-14H,15H2,1-4H3. The SMILES string of the molecule is Cc1ccc(Oc2ccc(OCc3c(C)cccc3-n3nnn(C)c3=O)c(C)c2)cc1. The summed E-state index contributed by atoms with van der Waals surface area (Å²) in [5, 5.41) is 7.77. The zero-order chi connectivity index (χ0) is 22.0. The monoisotopic (exact) mass is 416 g/mol. The molecule has 158 valence electrons. The second-order valence-corrected chi connectivity index (χ2v) is 7.50. The van der Waals surface area contributed by atoms with Gasteiger partial charge in [-0.2, -0.15) is 9.36 Å². The van der Waals surface area contributed by atoms with Gasteiger partial charge in [-0.3, -0.25) is 0 Å². The summed E-state index contributed by atoms with van der Waals surface area (Å²) in [6, 6.07) is 19.4. The van der Waals surface area contributed by atoms with Gasteiger partial charge in [0.25, 0.3) is 0 Å². The molecule has 0 unspecified atom stereocenters. The van der Waals surface area contributed by atoms with Crippen LogP contribution in [0.5, 0.6) is 17.2 Å². The van der Waals surface area contributed by atoms with E-state index < -0.39 is 0 Å². The van der Waals surface area contributed by atoms with Crippen LogP contribution >= 0.6 is 0 Å². The summed E-state index contributed by atoms with van der Waals surface area (Å²) in [6.07, 6.45) is 0. The topological polar surface area (TPSA) is 71.2 Å². The van der Waals surface area contributed by atoms with Crippen LogP contribution in [0.2, 0.25) is 0 Å². The maximum absolute atomic E-state index is 12.3. The summed E-state index contributed by atoms with van der Waals surface area (Å²) in [5.74, 6) is 2.28. The highest BCUT2D eigenvalue weighted by Crippen LogP contribution is 2.29. The van der Waals surface area contributed by atoms with Gasteiger partial charge in [-0.05, 0) is 78.7 Å². The van der Waals surface area contributed by atoms with E-state index >= 15 is 0 Å². The average molecular weight is 416 g/mol. The van der Waals surface area contributed by atoms with Gasteiger partial charge in [0.05, 0.1) is 5.69 Å². The molecule has 31 heavy (non-hydrogen) atoms. The first kappa shape index (κ1) is 20.4. The van der Waals surface area contributed by atoms with Crippen molar-refractivity contribution in [1.29, 1.82) is 0 Å². The molecule has 0 radical (unpaired) electrons. The van der Waals surface area contributed by atoms with E-state index in [1.807, 2.05) is 81.4 Å². The van der Waals surface area contributed by atoms with Crippen LogP contribution in [0.1, 0.15) is 22.3 Å². The van der Waals surface area contributed by atoms with Gasteiger partial charge in [0.15, 0.2) is 0 Å². The number of nitrogens with zero attached hydrogens (tertiary/aromatic N) is 4. The Bertz CT molecular complexity index is 1270. The zero-order valence-electron chi connectivity index (χ0n) is 18.0. The Morgan fingerprint density at radius 1 is 0.871 bits per heavy atom. The van der Waals surface area contributed by atoms with Gasteiger partial charge in [-0.1, -0.05) is 29.8 Å². The second kappa shape index (κ2) is 8.47. The summed E-state index contributed by atoms with van der Waals surface area (Å²) in [4.78, 5) is 12.3. The molecule has 7 nitrogen and oxygen atoms in total. The van der Waals surface area contributed by atoms with Gasteiger partial charge >= 0.3 is 5.69 Å². The lowest BCUT2D eigenvalue weighted by Gasteiger charge is -2.15. The molecule has 0 saturated heterocycles. The molecule has 0 aliphatic carbocycles. The molecule has 1 heterocycles. The number of benzene rings is 3. The number of aromatic nitrogens is 4. The quantitative estimate of drug-likeness (QED) is 0.470. The van der Waals surface area contributed by atoms with Crippen LogP contribution in [0.25, 0.3) is 5.69 Å². The van der Waals surface area contributed by atoms with E-state index in [1.54, 1.807) is 7.05 Å². The van der Waals surface area contributed by atoms with Crippen molar-refractivity contribution in [1.82, 2.24) is 19.8 Å². The van der Waals surface area contributed by atoms with E-state index in [9.17, 15) is 4.79 Å². The molecule has 4 rings (SSSR count). The molecule has 3 aromatic carbocycles. The molecule has 4 aromatic rings. The summed E-state index contributed by atoms with van der Waals surface area (Å²) >= 11 is 0. The molecule has 1 aromatic heterocycles. The molecular formula is C24H24N4O3. The first-order valence-corrected chi connectivity index (χ1v) is 9.98. The predicted octanol–water partition coefficient (Wildman–Crippen LogP) is 4.26. The third-order valence-corrected chi connectivity index (χ3v) is 5.11. The van der Waals surface area contributed by atoms with Crippen molar-refractivity contribution >= 4 is 0 Å². The molecule has 0 aliphatic heterocycles. The molecule has 0 saturated carbocycles. The third-order valence-electron chi connectivity index (χ3n) is 5.11. The number of ether oxygens (including phenoxy) is 2. The third kappa shape index (κ3) is 4.35. The molecule has 0 fully saturated rings. The maximum Gasteiger partial charge on any atom is 0.368 e. The first-order valence-electron chi connectivity index (χ1n) is 9.98. The molecule has 7 heteroatoms. The van der Waals surface area contributed by atoms with Crippen LogP contribution in [0, 0.1) is 20.8 Å². The Labute approximate surface area is 180 Å². The van der Waals surface area contributed by atoms with Crippen molar-refractivity contribution < 1.29 is 9.47 Å². The number of aryl methyl sites for hydroxylation is 4. The Hall–Kier alpha value is -3.87. The van der Waals surface area contributed by atoms with E-state index in [-0.39, 0.29) is 5.69 Å². The highest BCUT2D eigenvalue weighted by atomic mass is 16.5. The fourth-order valence-electron chi connectivity index (χ4n) is 3.28. The number of hydrogen-bond donors (Lipinski definition) is 0. The van der Waals surface area contributed by atoms with Crippen molar-refractivity contribution in [2.45, 2.75) is 27.4 Å². The van der Waals surface area contributed by atoms with Gasteiger partial charge < -0.3 is 9.47 Å². The van der Waals surface area contributed by atoms with Crippen LogP contribution in [-0.2, 0) is 13.7 Å². The molecule has 0 N–H and O–H groups in total. The average Bonchev–Trinajstić information content (AvgIpc) is 3.08. The van der Waals surface area contributed by atoms with Crippen LogP contribution in [0.3, 0.4) is 0 Å². The number of rotatable bonds is 6. The van der Waals surface area contributed by atoms with Crippen molar-refractivity contribution in [2.24, 2.45) is 7.05 Å². The smallest absolute Gasteiger partial charge is 0.368 e. The Kier molecular flexibility index (Phi) is 5.58. The minimum Gasteiger partial charge on any atom is -0.489 e. The van der Waals surface area contributed by atoms with Crippen LogP contribution in [0.15, 0.2) is 65.5 Å². The van der Waals surface area contributed by atoms with Crippen LogP contribution < -0.4 is 15.2 Å². The molecule has 0 spiro atoms. The van der Waals surface area contributed by atoms with Crippen molar-refractivity contribution in [3.05, 3.63) is 93.4 Å². The lowest BCUT2D eigenvalue weighted by molar-refractivity contribution is 0.302. The lowest BCUT2D eigenvalue weighted by atomic mass is 10.1. The summed E-state index contributed by atoms with van der Waals surface area (Å²) in [5.41, 5.74) is 4.38. The van der Waals surface area contributed by atoms with E-state index in [0.29, 0.717) is 12.3 Å². The van der Waals surface area contributed by atoms with Crippen molar-refractivity contribution in [2.75, 3.05) is 0 Å². The highest BCUT2D eigenvalue weighted by Gasteiger charge is 2.14. The van der Waals surface area contributed by atoms with Gasteiger partial charge in [-0.25, -0.2) is 4.79 Å². The molecule has 0 amide bonds. The largest absolute Gasteiger partial charge is 0.489 e. The second-order valence-electron chi connectivity index (χ2n) is 7.50. The maximum atomic E-state index is 12.3. The fourth-order valence-corrected chi connectivity index (χ4v) is 3.28. The molecule has 0 bridgehead atoms. The van der Waals surface area contributed by atoms with Gasteiger partial charge in [0.2, 0.25) is 0 Å². The zero-order valence-corrected chi connectivity index (χ0v) is 18.0. The molecule has 0 aliphatic rings. The molecular weight excluding hydrogens is 392 g/mol. The minimum atomic E-state index is -0.305. The predicted molar refractivity (Wildman–Crippen MR) is 118 cm³/mol. The number of tetrazole rings is 1. The van der Waals surface area contributed by atoms with Gasteiger partial charge in [0, 0.05) is 12.6 Å². The van der Waals surface area contributed by atoms with E-state index in [2.05, 4.69) is 10.4 Å². The Balaban J connectivity index is 1.54. The lowest BCUT2D eigenvalue weighted by Crippen LogP contribution is -2.23. The first-order chi connectivity index (χ1) is 14.9. The number of hydrogen-bond acceptors (Lipinski definition) is 5. The summed E-state index contributed by atoms with van der Waals surface area (Å²) < 4.78 is 14.5. The molecule has 0 atom stereocenters. The van der Waals surface area contributed by atoms with Crippen LogP contribution in [0.4, 0.5) is 0 Å². The van der Waals surface area contributed by atoms with Crippen LogP contribution in [-0.4, -0.2) is 19.8 Å². The minimum absolute atomic E-state index is 0.296. The summed E-state index contributed by atoms with van der Waals surface area (Å²) in [6.45, 7) is 6.29. The van der Waals surface area contributed by atoms with E-state index in [4.69, 9.17) is 9.47 Å². The van der Waals surface area contributed by atoms with Gasteiger partial charge in [0.1, 0.15) is 23.9 Å². The van der Waals surface area contributed by atoms with E-state index in [0.717, 1.165) is 33.9 Å². The fraction of sp³-hybridized carbons (Fsp3) is 0.208. The normalized spacial score (nSPS) is 10.8. The highest BCUT2D eigenvalue weighted by molar-refractivity contribution is 5.46.